The molecule has 2 unspecified atom stereocenters. The Kier molecular flexibility index (Phi) is 7.23. The normalized spacial score (nSPS) is 25.2. The number of methoxy groups -OCH3 is 1. The molecule has 1 N–H and O–H groups in total. The summed E-state index contributed by atoms with van der Waals surface area (Å²) >= 11 is 0. The minimum absolute atomic E-state index is 0.312. The van der Waals surface area contributed by atoms with E-state index in [9.17, 15) is 9.90 Å². The van der Waals surface area contributed by atoms with Gasteiger partial charge in [0.15, 0.2) is 0 Å². The lowest BCUT2D eigenvalue weighted by Gasteiger charge is -2.35. The largest absolute Gasteiger partial charge is 0.480 e. The molecule has 0 aromatic rings. The molecule has 1 heterocycles. The van der Waals surface area contributed by atoms with Crippen molar-refractivity contribution < 1.29 is 19.4 Å². The zero-order chi connectivity index (χ0) is 13.4. The van der Waals surface area contributed by atoms with Gasteiger partial charge in [0.05, 0.1) is 13.2 Å². The van der Waals surface area contributed by atoms with Crippen molar-refractivity contribution in [2.45, 2.75) is 32.2 Å². The van der Waals surface area contributed by atoms with Gasteiger partial charge in [0.25, 0.3) is 0 Å². The van der Waals surface area contributed by atoms with Gasteiger partial charge < -0.3 is 14.6 Å². The maximum atomic E-state index is 11.2. The van der Waals surface area contributed by atoms with Gasteiger partial charge in [0.2, 0.25) is 0 Å². The zero-order valence-corrected chi connectivity index (χ0v) is 11.4. The third-order valence-corrected chi connectivity index (χ3v) is 3.43. The average Bonchev–Trinajstić information content (AvgIpc) is 2.35. The van der Waals surface area contributed by atoms with Crippen LogP contribution in [-0.4, -0.2) is 62.0 Å². The number of aliphatic carboxylic acids is 1. The average molecular weight is 259 g/mol. The molecule has 0 radical (unpaired) electrons. The summed E-state index contributed by atoms with van der Waals surface area (Å²) in [6.07, 6.45) is 2.73. The second-order valence-corrected chi connectivity index (χ2v) is 4.98. The van der Waals surface area contributed by atoms with Crippen LogP contribution in [0, 0.1) is 5.92 Å². The van der Waals surface area contributed by atoms with Gasteiger partial charge in [-0.05, 0) is 31.7 Å². The van der Waals surface area contributed by atoms with Crippen molar-refractivity contribution in [3.05, 3.63) is 0 Å². The number of carboxylic acids is 1. The first kappa shape index (κ1) is 15.4. The second-order valence-electron chi connectivity index (χ2n) is 4.98. The highest BCUT2D eigenvalue weighted by molar-refractivity contribution is 5.73. The molecule has 0 bridgehead atoms. The fourth-order valence-corrected chi connectivity index (χ4v) is 2.33. The molecule has 18 heavy (non-hydrogen) atoms. The van der Waals surface area contributed by atoms with Crippen molar-refractivity contribution in [3.8, 4) is 0 Å². The summed E-state index contributed by atoms with van der Waals surface area (Å²) in [5.74, 6) is -0.179. The third-order valence-electron chi connectivity index (χ3n) is 3.43. The lowest BCUT2D eigenvalue weighted by Crippen LogP contribution is -2.47. The number of piperidine rings is 1. The van der Waals surface area contributed by atoms with Crippen molar-refractivity contribution in [1.82, 2.24) is 4.90 Å². The predicted octanol–water partition coefficient (Wildman–Crippen LogP) is 1.22. The summed E-state index contributed by atoms with van der Waals surface area (Å²) in [5, 5.41) is 9.21. The molecule has 0 saturated carbocycles. The van der Waals surface area contributed by atoms with Crippen molar-refractivity contribution in [1.29, 1.82) is 0 Å². The number of nitrogens with zero attached hydrogens (tertiary/aromatic N) is 1. The van der Waals surface area contributed by atoms with Crippen LogP contribution in [0.5, 0.6) is 0 Å². The Morgan fingerprint density at radius 2 is 2.17 bits per heavy atom. The van der Waals surface area contributed by atoms with Gasteiger partial charge in [-0.3, -0.25) is 9.69 Å². The molecule has 0 aromatic heterocycles. The quantitative estimate of drug-likeness (QED) is 0.664. The molecule has 2 atom stereocenters. The fraction of sp³-hybridized carbons (Fsp3) is 0.923. The molecule has 1 aliphatic heterocycles. The van der Waals surface area contributed by atoms with E-state index >= 15 is 0 Å². The molecule has 0 spiro atoms. The second kappa shape index (κ2) is 8.45. The van der Waals surface area contributed by atoms with Crippen LogP contribution in [-0.2, 0) is 14.3 Å². The molecule has 0 aromatic carbocycles. The summed E-state index contributed by atoms with van der Waals surface area (Å²) in [6.45, 7) is 5.70. The molecule has 106 valence electrons. The van der Waals surface area contributed by atoms with Gasteiger partial charge >= 0.3 is 5.97 Å². The standard InChI is InChI=1S/C13H25NO4/c1-11-4-6-14(12(10-11)13(15)16)5-3-7-18-9-8-17-2/h11-12H,3-10H2,1-2H3,(H,15,16). The van der Waals surface area contributed by atoms with Gasteiger partial charge in [-0.15, -0.1) is 0 Å². The Bertz CT molecular complexity index is 247. The molecule has 1 saturated heterocycles. The molecule has 1 fully saturated rings. The van der Waals surface area contributed by atoms with E-state index in [0.717, 1.165) is 32.4 Å². The van der Waals surface area contributed by atoms with Crippen LogP contribution in [0.4, 0.5) is 0 Å². The summed E-state index contributed by atoms with van der Waals surface area (Å²) < 4.78 is 10.3. The Morgan fingerprint density at radius 3 is 2.83 bits per heavy atom. The van der Waals surface area contributed by atoms with Crippen LogP contribution < -0.4 is 0 Å². The highest BCUT2D eigenvalue weighted by atomic mass is 16.5. The molecule has 0 amide bonds. The number of likely N-dealkylation sites (tertiary alicyclic amines) is 1. The number of carboxylic acid groups (broad SMARTS) is 1. The Balaban J connectivity index is 2.20. The Hall–Kier alpha value is -0.650. The van der Waals surface area contributed by atoms with Crippen molar-refractivity contribution in [2.24, 2.45) is 5.92 Å². The topological polar surface area (TPSA) is 59.0 Å². The predicted molar refractivity (Wildman–Crippen MR) is 68.7 cm³/mol. The molecule has 1 rings (SSSR count). The number of rotatable bonds is 8. The van der Waals surface area contributed by atoms with Gasteiger partial charge in [0, 0.05) is 20.3 Å². The first-order valence-corrected chi connectivity index (χ1v) is 6.68. The van der Waals surface area contributed by atoms with Crippen LogP contribution in [0.25, 0.3) is 0 Å². The summed E-state index contributed by atoms with van der Waals surface area (Å²) in [6, 6.07) is -0.312. The highest BCUT2D eigenvalue weighted by Gasteiger charge is 2.30. The molecule has 1 aliphatic rings. The number of hydrogen-bond acceptors (Lipinski definition) is 4. The van der Waals surface area contributed by atoms with Crippen LogP contribution in [0.3, 0.4) is 0 Å². The van der Waals surface area contributed by atoms with E-state index in [1.807, 2.05) is 0 Å². The van der Waals surface area contributed by atoms with E-state index < -0.39 is 5.97 Å². The maximum Gasteiger partial charge on any atom is 0.320 e. The fourth-order valence-electron chi connectivity index (χ4n) is 2.33. The highest BCUT2D eigenvalue weighted by Crippen LogP contribution is 2.22. The summed E-state index contributed by atoms with van der Waals surface area (Å²) in [4.78, 5) is 13.3. The molecule has 5 nitrogen and oxygen atoms in total. The van der Waals surface area contributed by atoms with Gasteiger partial charge in [0.1, 0.15) is 6.04 Å². The zero-order valence-electron chi connectivity index (χ0n) is 11.4. The van der Waals surface area contributed by atoms with E-state index in [1.165, 1.54) is 0 Å². The van der Waals surface area contributed by atoms with Crippen LogP contribution in [0.1, 0.15) is 26.2 Å². The van der Waals surface area contributed by atoms with Crippen molar-refractivity contribution in [2.75, 3.05) is 40.0 Å². The van der Waals surface area contributed by atoms with E-state index in [1.54, 1.807) is 7.11 Å². The van der Waals surface area contributed by atoms with Crippen LogP contribution in [0.2, 0.25) is 0 Å². The van der Waals surface area contributed by atoms with E-state index in [2.05, 4.69) is 11.8 Å². The Morgan fingerprint density at radius 1 is 1.39 bits per heavy atom. The van der Waals surface area contributed by atoms with E-state index in [0.29, 0.717) is 25.7 Å². The number of carbonyl (C=O) groups is 1. The SMILES string of the molecule is COCCOCCCN1CCC(C)CC1C(=O)O. The number of ether oxygens (including phenoxy) is 2. The molecular weight excluding hydrogens is 234 g/mol. The molecule has 0 aliphatic carbocycles. The van der Waals surface area contributed by atoms with Crippen molar-refractivity contribution >= 4 is 5.97 Å². The van der Waals surface area contributed by atoms with Gasteiger partial charge in [-0.1, -0.05) is 6.92 Å². The summed E-state index contributed by atoms with van der Waals surface area (Å²) in [5.41, 5.74) is 0. The monoisotopic (exact) mass is 259 g/mol. The van der Waals surface area contributed by atoms with Crippen LogP contribution in [0.15, 0.2) is 0 Å². The molecular formula is C13H25NO4. The van der Waals surface area contributed by atoms with E-state index in [4.69, 9.17) is 9.47 Å². The van der Waals surface area contributed by atoms with Gasteiger partial charge in [-0.2, -0.15) is 0 Å². The minimum Gasteiger partial charge on any atom is -0.480 e. The minimum atomic E-state index is -0.693. The lowest BCUT2D eigenvalue weighted by molar-refractivity contribution is -0.145. The first-order chi connectivity index (χ1) is 8.65. The maximum absolute atomic E-state index is 11.2. The van der Waals surface area contributed by atoms with Crippen LogP contribution >= 0.6 is 0 Å². The number of hydrogen-bond donors (Lipinski definition) is 1. The van der Waals surface area contributed by atoms with Crippen molar-refractivity contribution in [3.63, 3.8) is 0 Å². The first-order valence-electron chi connectivity index (χ1n) is 6.68. The van der Waals surface area contributed by atoms with Gasteiger partial charge in [-0.25, -0.2) is 0 Å². The lowest BCUT2D eigenvalue weighted by atomic mass is 9.92. The summed E-state index contributed by atoms with van der Waals surface area (Å²) in [7, 11) is 1.65. The molecule has 5 heteroatoms. The van der Waals surface area contributed by atoms with E-state index in [-0.39, 0.29) is 6.04 Å². The third kappa shape index (κ3) is 5.33. The smallest absolute Gasteiger partial charge is 0.320 e. The Labute approximate surface area is 109 Å².